The van der Waals surface area contributed by atoms with Crippen LogP contribution in [0.2, 0.25) is 0 Å². The first-order chi connectivity index (χ1) is 7.81. The maximum absolute atomic E-state index is 5.80. The minimum Gasteiger partial charge on any atom is -0.493 e. The number of furan rings is 1. The highest BCUT2D eigenvalue weighted by atomic mass is 79.9. The Hall–Kier alpha value is -1.48. The smallest absolute Gasteiger partial charge is 0.178 e. The summed E-state index contributed by atoms with van der Waals surface area (Å²) in [4.78, 5) is 0. The number of benzene rings is 2. The molecule has 80 valence electrons. The molecule has 3 heteroatoms. The van der Waals surface area contributed by atoms with Crippen LogP contribution in [-0.4, -0.2) is 7.11 Å². The van der Waals surface area contributed by atoms with Gasteiger partial charge in [0.05, 0.1) is 7.11 Å². The van der Waals surface area contributed by atoms with E-state index in [0.29, 0.717) is 0 Å². The molecule has 1 aromatic heterocycles. The molecule has 0 amide bonds. The number of ether oxygens (including phenoxy) is 1. The third-order valence-electron chi connectivity index (χ3n) is 2.66. The summed E-state index contributed by atoms with van der Waals surface area (Å²) in [6, 6.07) is 11.8. The molecule has 3 rings (SSSR count). The quantitative estimate of drug-likeness (QED) is 0.659. The Morgan fingerprint density at radius 1 is 1.12 bits per heavy atom. The predicted molar refractivity (Wildman–Crippen MR) is 68.0 cm³/mol. The number of para-hydroxylation sites is 1. The van der Waals surface area contributed by atoms with Crippen molar-refractivity contribution >= 4 is 37.9 Å². The van der Waals surface area contributed by atoms with Gasteiger partial charge in [-0.25, -0.2) is 0 Å². The van der Waals surface area contributed by atoms with Gasteiger partial charge in [0.2, 0.25) is 0 Å². The maximum atomic E-state index is 5.80. The first-order valence-electron chi connectivity index (χ1n) is 4.95. The Morgan fingerprint density at radius 2 is 1.94 bits per heavy atom. The molecular formula is C13H9BrO2. The van der Waals surface area contributed by atoms with Gasteiger partial charge in [0.15, 0.2) is 11.3 Å². The summed E-state index contributed by atoms with van der Waals surface area (Å²) in [6.45, 7) is 0. The molecule has 0 atom stereocenters. The first-order valence-corrected chi connectivity index (χ1v) is 5.74. The molecule has 0 N–H and O–H groups in total. The van der Waals surface area contributed by atoms with Crippen LogP contribution in [0.4, 0.5) is 0 Å². The molecule has 0 unspecified atom stereocenters. The molecular weight excluding hydrogens is 268 g/mol. The van der Waals surface area contributed by atoms with Crippen molar-refractivity contribution in [3.8, 4) is 5.75 Å². The lowest BCUT2D eigenvalue weighted by molar-refractivity contribution is 0.412. The molecule has 0 aliphatic rings. The van der Waals surface area contributed by atoms with E-state index in [0.717, 1.165) is 32.2 Å². The summed E-state index contributed by atoms with van der Waals surface area (Å²) in [5.74, 6) is 0.759. The first kappa shape index (κ1) is 9.73. The molecule has 0 saturated heterocycles. The second kappa shape index (κ2) is 3.52. The fraction of sp³-hybridized carbons (Fsp3) is 0.0769. The standard InChI is InChI=1S/C13H9BrO2/c1-15-11-7-6-9(14)12-8-4-2-3-5-10(8)16-13(11)12/h2-7H,1H3. The summed E-state index contributed by atoms with van der Waals surface area (Å²) in [5, 5.41) is 2.17. The van der Waals surface area contributed by atoms with E-state index in [1.807, 2.05) is 36.4 Å². The van der Waals surface area contributed by atoms with Crippen molar-refractivity contribution in [3.05, 3.63) is 40.9 Å². The molecule has 0 spiro atoms. The number of hydrogen-bond acceptors (Lipinski definition) is 2. The van der Waals surface area contributed by atoms with Gasteiger partial charge < -0.3 is 9.15 Å². The zero-order valence-corrected chi connectivity index (χ0v) is 10.2. The number of fused-ring (bicyclic) bond motifs is 3. The van der Waals surface area contributed by atoms with Crippen molar-refractivity contribution in [3.63, 3.8) is 0 Å². The van der Waals surface area contributed by atoms with E-state index in [1.165, 1.54) is 0 Å². The Kier molecular flexibility index (Phi) is 2.14. The van der Waals surface area contributed by atoms with Crippen molar-refractivity contribution < 1.29 is 9.15 Å². The fourth-order valence-corrected chi connectivity index (χ4v) is 2.45. The fourth-order valence-electron chi connectivity index (χ4n) is 1.92. The molecule has 0 aliphatic heterocycles. The van der Waals surface area contributed by atoms with Crippen molar-refractivity contribution in [2.75, 3.05) is 7.11 Å². The Morgan fingerprint density at radius 3 is 2.75 bits per heavy atom. The molecule has 0 bridgehead atoms. The maximum Gasteiger partial charge on any atom is 0.178 e. The van der Waals surface area contributed by atoms with E-state index in [-0.39, 0.29) is 0 Å². The van der Waals surface area contributed by atoms with E-state index >= 15 is 0 Å². The minimum absolute atomic E-state index is 0.759. The predicted octanol–water partition coefficient (Wildman–Crippen LogP) is 4.36. The van der Waals surface area contributed by atoms with Gasteiger partial charge in [0.1, 0.15) is 5.58 Å². The molecule has 0 saturated carbocycles. The molecule has 0 aliphatic carbocycles. The second-order valence-corrected chi connectivity index (χ2v) is 4.41. The lowest BCUT2D eigenvalue weighted by atomic mass is 10.1. The van der Waals surface area contributed by atoms with E-state index in [9.17, 15) is 0 Å². The van der Waals surface area contributed by atoms with Crippen molar-refractivity contribution in [1.82, 2.24) is 0 Å². The lowest BCUT2D eigenvalue weighted by Crippen LogP contribution is -1.82. The average molecular weight is 277 g/mol. The number of hydrogen-bond donors (Lipinski definition) is 0. The van der Waals surface area contributed by atoms with Gasteiger partial charge in [-0.1, -0.05) is 34.1 Å². The third-order valence-corrected chi connectivity index (χ3v) is 3.32. The topological polar surface area (TPSA) is 22.4 Å². The van der Waals surface area contributed by atoms with Crippen LogP contribution in [0.15, 0.2) is 45.3 Å². The van der Waals surface area contributed by atoms with Crippen LogP contribution in [0.1, 0.15) is 0 Å². The number of halogens is 1. The van der Waals surface area contributed by atoms with E-state index in [1.54, 1.807) is 7.11 Å². The summed E-state index contributed by atoms with van der Waals surface area (Å²) >= 11 is 3.54. The SMILES string of the molecule is COc1ccc(Br)c2c1oc1ccccc12. The van der Waals surface area contributed by atoms with Gasteiger partial charge in [-0.05, 0) is 18.2 Å². The number of rotatable bonds is 1. The van der Waals surface area contributed by atoms with Crippen LogP contribution in [0.3, 0.4) is 0 Å². The van der Waals surface area contributed by atoms with Crippen LogP contribution < -0.4 is 4.74 Å². The van der Waals surface area contributed by atoms with Crippen LogP contribution in [-0.2, 0) is 0 Å². The third kappa shape index (κ3) is 1.25. The van der Waals surface area contributed by atoms with Gasteiger partial charge in [-0.3, -0.25) is 0 Å². The minimum atomic E-state index is 0.759. The zero-order valence-electron chi connectivity index (χ0n) is 8.66. The molecule has 0 fully saturated rings. The van der Waals surface area contributed by atoms with Crippen LogP contribution >= 0.6 is 15.9 Å². The van der Waals surface area contributed by atoms with Gasteiger partial charge in [0, 0.05) is 15.2 Å². The molecule has 3 aromatic rings. The van der Waals surface area contributed by atoms with Crippen LogP contribution in [0, 0.1) is 0 Å². The average Bonchev–Trinajstić information content (AvgIpc) is 2.69. The van der Waals surface area contributed by atoms with Gasteiger partial charge in [0.25, 0.3) is 0 Å². The summed E-state index contributed by atoms with van der Waals surface area (Å²) < 4.78 is 12.1. The molecule has 2 aromatic carbocycles. The van der Waals surface area contributed by atoms with Gasteiger partial charge in [-0.2, -0.15) is 0 Å². The highest BCUT2D eigenvalue weighted by Gasteiger charge is 2.13. The lowest BCUT2D eigenvalue weighted by Gasteiger charge is -2.00. The van der Waals surface area contributed by atoms with Crippen LogP contribution in [0.25, 0.3) is 21.9 Å². The molecule has 1 heterocycles. The van der Waals surface area contributed by atoms with Crippen molar-refractivity contribution in [1.29, 1.82) is 0 Å². The normalized spacial score (nSPS) is 11.1. The highest BCUT2D eigenvalue weighted by molar-refractivity contribution is 9.10. The summed E-state index contributed by atoms with van der Waals surface area (Å²) in [6.07, 6.45) is 0. The summed E-state index contributed by atoms with van der Waals surface area (Å²) in [5.41, 5.74) is 1.67. The van der Waals surface area contributed by atoms with E-state index < -0.39 is 0 Å². The molecule has 2 nitrogen and oxygen atoms in total. The molecule has 16 heavy (non-hydrogen) atoms. The number of methoxy groups -OCH3 is 1. The second-order valence-electron chi connectivity index (χ2n) is 3.55. The van der Waals surface area contributed by atoms with E-state index in [2.05, 4.69) is 15.9 Å². The Labute approximate surface area is 101 Å². The van der Waals surface area contributed by atoms with Crippen LogP contribution in [0.5, 0.6) is 5.75 Å². The highest BCUT2D eigenvalue weighted by Crippen LogP contribution is 2.38. The van der Waals surface area contributed by atoms with Gasteiger partial charge >= 0.3 is 0 Å². The van der Waals surface area contributed by atoms with Gasteiger partial charge in [-0.15, -0.1) is 0 Å². The Balaban J connectivity index is 2.58. The monoisotopic (exact) mass is 276 g/mol. The van der Waals surface area contributed by atoms with Crippen molar-refractivity contribution in [2.24, 2.45) is 0 Å². The summed E-state index contributed by atoms with van der Waals surface area (Å²) in [7, 11) is 1.65. The zero-order chi connectivity index (χ0) is 11.1. The van der Waals surface area contributed by atoms with Crippen molar-refractivity contribution in [2.45, 2.75) is 0 Å². The largest absolute Gasteiger partial charge is 0.493 e. The van der Waals surface area contributed by atoms with E-state index in [4.69, 9.17) is 9.15 Å². The molecule has 0 radical (unpaired) electrons. The Bertz CT molecular complexity index is 670.